The lowest BCUT2D eigenvalue weighted by atomic mass is 10.0. The summed E-state index contributed by atoms with van der Waals surface area (Å²) in [6, 6.07) is 22.2. The third-order valence-electron chi connectivity index (χ3n) is 4.96. The zero-order valence-electron chi connectivity index (χ0n) is 19.5. The van der Waals surface area contributed by atoms with Crippen molar-refractivity contribution in [3.63, 3.8) is 0 Å². The second-order valence-corrected chi connectivity index (χ2v) is 11.0. The molecule has 33 heavy (non-hydrogen) atoms. The van der Waals surface area contributed by atoms with Gasteiger partial charge in [0.2, 0.25) is 0 Å². The minimum atomic E-state index is -3.46. The van der Waals surface area contributed by atoms with Gasteiger partial charge in [-0.3, -0.25) is 0 Å². The second-order valence-electron chi connectivity index (χ2n) is 8.99. The number of benzene rings is 3. The third kappa shape index (κ3) is 7.19. The van der Waals surface area contributed by atoms with Crippen LogP contribution in [0, 0.1) is 0 Å². The zero-order chi connectivity index (χ0) is 24.1. The largest absolute Gasteiger partial charge is 0.487 e. The lowest BCUT2D eigenvalue weighted by Crippen LogP contribution is -2.23. The molecule has 6 heteroatoms. The van der Waals surface area contributed by atoms with Gasteiger partial charge in [0.05, 0.1) is 5.56 Å². The predicted octanol–water partition coefficient (Wildman–Crippen LogP) is 5.41. The number of ether oxygens (including phenoxy) is 2. The molecule has 0 bridgehead atoms. The van der Waals surface area contributed by atoms with Crippen LogP contribution in [0.15, 0.2) is 77.7 Å². The van der Waals surface area contributed by atoms with E-state index in [1.807, 2.05) is 57.2 Å². The minimum Gasteiger partial charge on any atom is -0.487 e. The fraction of sp³-hybridized carbons (Fsp3) is 0.296. The van der Waals surface area contributed by atoms with E-state index in [9.17, 15) is 13.2 Å². The molecule has 3 aromatic carbocycles. The average Bonchev–Trinajstić information content (AvgIpc) is 2.75. The van der Waals surface area contributed by atoms with Crippen molar-refractivity contribution in [1.29, 1.82) is 0 Å². The van der Waals surface area contributed by atoms with E-state index < -0.39 is 15.4 Å². The fourth-order valence-electron chi connectivity index (χ4n) is 3.37. The molecule has 0 saturated carbocycles. The Labute approximate surface area is 196 Å². The van der Waals surface area contributed by atoms with E-state index in [-0.39, 0.29) is 17.5 Å². The Morgan fingerprint density at radius 1 is 0.818 bits per heavy atom. The van der Waals surface area contributed by atoms with Crippen LogP contribution in [0.5, 0.6) is 5.75 Å². The van der Waals surface area contributed by atoms with Gasteiger partial charge in [0.1, 0.15) is 22.9 Å². The molecule has 0 unspecified atom stereocenters. The van der Waals surface area contributed by atoms with Gasteiger partial charge >= 0.3 is 5.97 Å². The highest BCUT2D eigenvalue weighted by Crippen LogP contribution is 2.30. The molecule has 0 aliphatic carbocycles. The standard InChI is InChI=1S/C27H30O5S/c1-27(2,3)32-26(28)23-17-14-21(15-18-23)19-31-25-22(11-8-12-24(25)33(4,29)30)16-13-20-9-6-5-7-10-20/h5-12,14-15,17-18H,13,16,19H2,1-4H3. The first-order chi connectivity index (χ1) is 15.5. The number of hydrogen-bond donors (Lipinski definition) is 0. The molecular formula is C27H30O5S. The summed E-state index contributed by atoms with van der Waals surface area (Å²) in [7, 11) is -3.46. The van der Waals surface area contributed by atoms with Crippen LogP contribution in [0.2, 0.25) is 0 Å². The molecule has 0 aliphatic rings. The van der Waals surface area contributed by atoms with Crippen molar-refractivity contribution in [1.82, 2.24) is 0 Å². The van der Waals surface area contributed by atoms with Crippen LogP contribution in [0.25, 0.3) is 0 Å². The molecule has 0 fully saturated rings. The Morgan fingerprint density at radius 3 is 2.09 bits per heavy atom. The molecule has 0 heterocycles. The molecule has 0 N–H and O–H groups in total. The number of rotatable bonds is 8. The van der Waals surface area contributed by atoms with Crippen LogP contribution < -0.4 is 4.74 Å². The van der Waals surface area contributed by atoms with Gasteiger partial charge in [-0.25, -0.2) is 13.2 Å². The fourth-order valence-corrected chi connectivity index (χ4v) is 4.22. The molecule has 174 valence electrons. The van der Waals surface area contributed by atoms with E-state index in [0.717, 1.165) is 17.5 Å². The summed E-state index contributed by atoms with van der Waals surface area (Å²) in [5, 5.41) is 0. The number of carbonyl (C=O) groups is 1. The molecule has 0 spiro atoms. The lowest BCUT2D eigenvalue weighted by molar-refractivity contribution is 0.00694. The maximum atomic E-state index is 12.4. The van der Waals surface area contributed by atoms with Gasteiger partial charge in [0.25, 0.3) is 0 Å². The minimum absolute atomic E-state index is 0.179. The van der Waals surface area contributed by atoms with E-state index >= 15 is 0 Å². The highest BCUT2D eigenvalue weighted by atomic mass is 32.2. The monoisotopic (exact) mass is 466 g/mol. The molecule has 0 amide bonds. The van der Waals surface area contributed by atoms with E-state index in [4.69, 9.17) is 9.47 Å². The molecule has 0 radical (unpaired) electrons. The Bertz CT molecular complexity index is 1190. The van der Waals surface area contributed by atoms with Crippen molar-refractivity contribution in [2.45, 2.75) is 50.7 Å². The van der Waals surface area contributed by atoms with Crippen LogP contribution in [-0.4, -0.2) is 26.2 Å². The first-order valence-corrected chi connectivity index (χ1v) is 12.7. The first-order valence-electron chi connectivity index (χ1n) is 10.8. The molecule has 3 aromatic rings. The summed E-state index contributed by atoms with van der Waals surface area (Å²) >= 11 is 0. The molecule has 0 aromatic heterocycles. The Morgan fingerprint density at radius 2 is 1.48 bits per heavy atom. The van der Waals surface area contributed by atoms with Gasteiger partial charge in [-0.15, -0.1) is 0 Å². The number of esters is 1. The van der Waals surface area contributed by atoms with Crippen molar-refractivity contribution in [3.05, 3.63) is 95.1 Å². The van der Waals surface area contributed by atoms with Crippen LogP contribution in [0.1, 0.15) is 47.8 Å². The van der Waals surface area contributed by atoms with Crippen molar-refractivity contribution in [2.24, 2.45) is 0 Å². The number of sulfone groups is 1. The molecule has 0 aliphatic heterocycles. The SMILES string of the molecule is CC(C)(C)OC(=O)c1ccc(COc2c(CCc3ccccc3)cccc2S(C)(=O)=O)cc1. The normalized spacial score (nSPS) is 11.8. The molecular weight excluding hydrogens is 436 g/mol. The van der Waals surface area contributed by atoms with Gasteiger partial charge in [-0.2, -0.15) is 0 Å². The number of para-hydroxylation sites is 1. The van der Waals surface area contributed by atoms with Gasteiger partial charge in [0, 0.05) is 6.26 Å². The van der Waals surface area contributed by atoms with Gasteiger partial charge in [-0.1, -0.05) is 54.6 Å². The summed E-state index contributed by atoms with van der Waals surface area (Å²) in [6.45, 7) is 5.64. The Kier molecular flexibility index (Phi) is 7.59. The van der Waals surface area contributed by atoms with E-state index in [2.05, 4.69) is 0 Å². The van der Waals surface area contributed by atoms with Crippen molar-refractivity contribution >= 4 is 15.8 Å². The third-order valence-corrected chi connectivity index (χ3v) is 6.08. The summed E-state index contributed by atoms with van der Waals surface area (Å²) in [4.78, 5) is 12.4. The van der Waals surface area contributed by atoms with Crippen LogP contribution in [0.4, 0.5) is 0 Å². The molecule has 0 saturated heterocycles. The van der Waals surface area contributed by atoms with Crippen molar-refractivity contribution < 1.29 is 22.7 Å². The highest BCUT2D eigenvalue weighted by molar-refractivity contribution is 7.90. The van der Waals surface area contributed by atoms with E-state index in [0.29, 0.717) is 17.7 Å². The summed E-state index contributed by atoms with van der Waals surface area (Å²) in [5.41, 5.74) is 2.72. The van der Waals surface area contributed by atoms with Crippen LogP contribution >= 0.6 is 0 Å². The van der Waals surface area contributed by atoms with E-state index in [1.165, 1.54) is 11.8 Å². The summed E-state index contributed by atoms with van der Waals surface area (Å²) in [5.74, 6) is -0.00672. The topological polar surface area (TPSA) is 69.7 Å². The average molecular weight is 467 g/mol. The maximum absolute atomic E-state index is 12.4. The maximum Gasteiger partial charge on any atom is 0.338 e. The number of carbonyl (C=O) groups excluding carboxylic acids is 1. The highest BCUT2D eigenvalue weighted by Gasteiger charge is 2.19. The first kappa shape index (κ1) is 24.5. The zero-order valence-corrected chi connectivity index (χ0v) is 20.3. The lowest BCUT2D eigenvalue weighted by Gasteiger charge is -2.19. The quantitative estimate of drug-likeness (QED) is 0.415. The van der Waals surface area contributed by atoms with Gasteiger partial charge in [-0.05, 0) is 68.5 Å². The smallest absolute Gasteiger partial charge is 0.338 e. The second kappa shape index (κ2) is 10.2. The van der Waals surface area contributed by atoms with Crippen molar-refractivity contribution in [3.8, 4) is 5.75 Å². The molecule has 3 rings (SSSR count). The van der Waals surface area contributed by atoms with Crippen LogP contribution in [0.3, 0.4) is 0 Å². The Hall–Kier alpha value is -3.12. The van der Waals surface area contributed by atoms with Crippen molar-refractivity contribution in [2.75, 3.05) is 6.26 Å². The van der Waals surface area contributed by atoms with Gasteiger partial charge < -0.3 is 9.47 Å². The summed E-state index contributed by atoms with van der Waals surface area (Å²) in [6.07, 6.45) is 2.61. The van der Waals surface area contributed by atoms with Gasteiger partial charge in [0.15, 0.2) is 9.84 Å². The Balaban J connectivity index is 1.78. The predicted molar refractivity (Wildman–Crippen MR) is 129 cm³/mol. The van der Waals surface area contributed by atoms with E-state index in [1.54, 1.807) is 36.4 Å². The number of hydrogen-bond acceptors (Lipinski definition) is 5. The number of aryl methyl sites for hydroxylation is 2. The summed E-state index contributed by atoms with van der Waals surface area (Å²) < 4.78 is 36.2. The molecule has 0 atom stereocenters. The molecule has 5 nitrogen and oxygen atoms in total. The van der Waals surface area contributed by atoms with Crippen LogP contribution in [-0.2, 0) is 34.0 Å².